The largest absolute Gasteiger partial charge is 0.333 e. The van der Waals surface area contributed by atoms with Gasteiger partial charge in [0, 0.05) is 38.9 Å². The SMILES string of the molecule is CC(=O)N1C2CCC(C3CCC(S(C)(=O)=O)CC3)CC2N(C(=O)C2NCCN2C)C[C@@H]1C. The average Bonchev–Trinajstić information content (AvgIpc) is 3.17. The van der Waals surface area contributed by atoms with Crippen LogP contribution in [0.4, 0.5) is 0 Å². The molecule has 0 aromatic carbocycles. The molecular formula is C23H40N4O4S. The normalized spacial score (nSPS) is 39.1. The summed E-state index contributed by atoms with van der Waals surface area (Å²) in [5, 5.41) is 3.14. The molecule has 2 saturated heterocycles. The van der Waals surface area contributed by atoms with Crippen LogP contribution in [0.25, 0.3) is 0 Å². The van der Waals surface area contributed by atoms with Crippen molar-refractivity contribution in [1.82, 2.24) is 20.0 Å². The summed E-state index contributed by atoms with van der Waals surface area (Å²) >= 11 is 0. The molecule has 4 unspecified atom stereocenters. The Morgan fingerprint density at radius 1 is 0.969 bits per heavy atom. The van der Waals surface area contributed by atoms with Crippen molar-refractivity contribution in [2.24, 2.45) is 11.8 Å². The first-order valence-electron chi connectivity index (χ1n) is 12.3. The van der Waals surface area contributed by atoms with Crippen molar-refractivity contribution in [2.75, 3.05) is 32.9 Å². The number of carbonyl (C=O) groups is 2. The van der Waals surface area contributed by atoms with Gasteiger partial charge in [-0.2, -0.15) is 0 Å². The fraction of sp³-hybridized carbons (Fsp3) is 0.913. The summed E-state index contributed by atoms with van der Waals surface area (Å²) in [6, 6.07) is 0.145. The van der Waals surface area contributed by atoms with Gasteiger partial charge in [0.25, 0.3) is 5.91 Å². The van der Waals surface area contributed by atoms with Crippen LogP contribution in [0.5, 0.6) is 0 Å². The number of carbonyl (C=O) groups excluding carboxylic acids is 2. The van der Waals surface area contributed by atoms with Gasteiger partial charge in [-0.3, -0.25) is 19.8 Å². The molecule has 1 N–H and O–H groups in total. The van der Waals surface area contributed by atoms with Gasteiger partial charge in [0.2, 0.25) is 5.91 Å². The van der Waals surface area contributed by atoms with Gasteiger partial charge >= 0.3 is 0 Å². The van der Waals surface area contributed by atoms with Gasteiger partial charge in [-0.15, -0.1) is 0 Å². The lowest BCUT2D eigenvalue weighted by Gasteiger charge is -2.55. The average molecular weight is 469 g/mol. The van der Waals surface area contributed by atoms with Crippen LogP contribution in [0.1, 0.15) is 58.8 Å². The lowest BCUT2D eigenvalue weighted by atomic mass is 9.69. The van der Waals surface area contributed by atoms with Gasteiger partial charge in [0.05, 0.1) is 17.3 Å². The van der Waals surface area contributed by atoms with E-state index < -0.39 is 9.84 Å². The standard InChI is InChI=1S/C23H40N4O4S/c1-15-14-26(23(29)22-24-11-12-25(22)3)21-13-18(7-10-20(21)27(15)16(2)28)17-5-8-19(9-6-17)32(4,30)31/h15,17-22,24H,5-14H2,1-4H3/t15-,17?,18?,19?,20?,21?,22?/m0/s1. The number of hydrogen-bond donors (Lipinski definition) is 1. The Bertz CT molecular complexity index is 826. The van der Waals surface area contributed by atoms with Crippen molar-refractivity contribution in [3.05, 3.63) is 0 Å². The maximum Gasteiger partial charge on any atom is 0.255 e. The fourth-order valence-electron chi connectivity index (χ4n) is 6.97. The summed E-state index contributed by atoms with van der Waals surface area (Å²) in [6.07, 6.45) is 7.38. The first-order chi connectivity index (χ1) is 15.1. The molecule has 2 amide bonds. The van der Waals surface area contributed by atoms with Crippen LogP contribution in [0.15, 0.2) is 0 Å². The minimum absolute atomic E-state index is 0.0196. The molecule has 0 spiro atoms. The lowest BCUT2D eigenvalue weighted by Crippen LogP contribution is -2.69. The van der Waals surface area contributed by atoms with Crippen molar-refractivity contribution >= 4 is 21.7 Å². The first-order valence-corrected chi connectivity index (χ1v) is 14.2. The molecule has 2 aliphatic heterocycles. The molecule has 182 valence electrons. The topological polar surface area (TPSA) is 90.0 Å². The van der Waals surface area contributed by atoms with E-state index in [-0.39, 0.29) is 41.4 Å². The predicted molar refractivity (Wildman–Crippen MR) is 124 cm³/mol. The van der Waals surface area contributed by atoms with Gasteiger partial charge < -0.3 is 9.80 Å². The summed E-state index contributed by atoms with van der Waals surface area (Å²) in [5.74, 6) is 1.24. The smallest absolute Gasteiger partial charge is 0.255 e. The second kappa shape index (κ2) is 9.22. The van der Waals surface area contributed by atoms with Crippen molar-refractivity contribution < 1.29 is 18.0 Å². The van der Waals surface area contributed by atoms with Crippen LogP contribution in [0.2, 0.25) is 0 Å². The molecular weight excluding hydrogens is 428 g/mol. The van der Waals surface area contributed by atoms with E-state index in [1.165, 1.54) is 6.26 Å². The van der Waals surface area contributed by atoms with Crippen molar-refractivity contribution in [1.29, 1.82) is 0 Å². The van der Waals surface area contributed by atoms with Gasteiger partial charge in [-0.05, 0) is 70.8 Å². The highest BCUT2D eigenvalue weighted by atomic mass is 32.2. The zero-order valence-electron chi connectivity index (χ0n) is 20.0. The number of nitrogens with one attached hydrogen (secondary N) is 1. The Labute approximate surface area is 193 Å². The van der Waals surface area contributed by atoms with Crippen LogP contribution in [-0.2, 0) is 19.4 Å². The van der Waals surface area contributed by atoms with Gasteiger partial charge in [0.1, 0.15) is 16.0 Å². The van der Waals surface area contributed by atoms with E-state index in [4.69, 9.17) is 0 Å². The first kappa shape index (κ1) is 24.0. The lowest BCUT2D eigenvalue weighted by molar-refractivity contribution is -0.157. The number of nitrogens with zero attached hydrogens (tertiary/aromatic N) is 3. The number of amides is 2. The molecule has 0 aromatic rings. The molecule has 0 aromatic heterocycles. The predicted octanol–water partition coefficient (Wildman–Crippen LogP) is 1.07. The van der Waals surface area contributed by atoms with Crippen molar-refractivity contribution in [2.45, 2.75) is 88.3 Å². The quantitative estimate of drug-likeness (QED) is 0.666. The van der Waals surface area contributed by atoms with E-state index in [1.807, 2.05) is 11.9 Å². The molecule has 32 heavy (non-hydrogen) atoms. The Hall–Kier alpha value is -1.19. The highest BCUT2D eigenvalue weighted by Gasteiger charge is 2.49. The van der Waals surface area contributed by atoms with E-state index in [9.17, 15) is 18.0 Å². The Kier molecular flexibility index (Phi) is 6.90. The van der Waals surface area contributed by atoms with Crippen molar-refractivity contribution in [3.63, 3.8) is 0 Å². The number of fused-ring (bicyclic) bond motifs is 1. The molecule has 8 nitrogen and oxygen atoms in total. The Balaban J connectivity index is 1.51. The third kappa shape index (κ3) is 4.57. The second-order valence-electron chi connectivity index (χ2n) is 10.7. The zero-order valence-corrected chi connectivity index (χ0v) is 20.8. The molecule has 2 aliphatic carbocycles. The third-order valence-electron chi connectivity index (χ3n) is 8.63. The summed E-state index contributed by atoms with van der Waals surface area (Å²) in [6.45, 7) is 5.97. The molecule has 5 atom stereocenters. The summed E-state index contributed by atoms with van der Waals surface area (Å²) in [7, 11) is -0.980. The molecule has 4 fully saturated rings. The van der Waals surface area contributed by atoms with E-state index in [0.717, 1.165) is 58.0 Å². The van der Waals surface area contributed by atoms with E-state index in [2.05, 4.69) is 22.0 Å². The number of rotatable bonds is 3. The van der Waals surface area contributed by atoms with Gasteiger partial charge in [-0.25, -0.2) is 8.42 Å². The monoisotopic (exact) mass is 468 g/mol. The molecule has 4 aliphatic rings. The van der Waals surface area contributed by atoms with E-state index in [1.54, 1.807) is 6.92 Å². The van der Waals surface area contributed by atoms with E-state index in [0.29, 0.717) is 18.4 Å². The Morgan fingerprint density at radius 3 is 2.19 bits per heavy atom. The maximum absolute atomic E-state index is 13.6. The summed E-state index contributed by atoms with van der Waals surface area (Å²) in [5.41, 5.74) is 0. The molecule has 2 saturated carbocycles. The maximum atomic E-state index is 13.6. The minimum Gasteiger partial charge on any atom is -0.333 e. The molecule has 0 radical (unpaired) electrons. The zero-order chi connectivity index (χ0) is 23.2. The summed E-state index contributed by atoms with van der Waals surface area (Å²) < 4.78 is 23.9. The molecule has 0 bridgehead atoms. The highest BCUT2D eigenvalue weighted by molar-refractivity contribution is 7.91. The summed E-state index contributed by atoms with van der Waals surface area (Å²) in [4.78, 5) is 32.3. The van der Waals surface area contributed by atoms with Crippen LogP contribution < -0.4 is 5.32 Å². The number of likely N-dealkylation sites (N-methyl/N-ethyl adjacent to an activating group) is 1. The van der Waals surface area contributed by atoms with Gasteiger partial charge in [-0.1, -0.05) is 0 Å². The van der Waals surface area contributed by atoms with E-state index >= 15 is 0 Å². The number of sulfone groups is 1. The van der Waals surface area contributed by atoms with Crippen LogP contribution in [0, 0.1) is 11.8 Å². The van der Waals surface area contributed by atoms with Crippen LogP contribution in [0.3, 0.4) is 0 Å². The Morgan fingerprint density at radius 2 is 1.62 bits per heavy atom. The van der Waals surface area contributed by atoms with Crippen LogP contribution in [-0.4, -0.2) is 97.4 Å². The molecule has 9 heteroatoms. The third-order valence-corrected chi connectivity index (χ3v) is 10.3. The van der Waals surface area contributed by atoms with Crippen LogP contribution >= 0.6 is 0 Å². The van der Waals surface area contributed by atoms with Crippen molar-refractivity contribution in [3.8, 4) is 0 Å². The highest BCUT2D eigenvalue weighted by Crippen LogP contribution is 2.43. The number of hydrogen-bond acceptors (Lipinski definition) is 6. The number of piperazine rings is 1. The fourth-order valence-corrected chi connectivity index (χ4v) is 8.09. The molecule has 4 rings (SSSR count). The van der Waals surface area contributed by atoms with Gasteiger partial charge in [0.15, 0.2) is 0 Å². The molecule has 2 heterocycles. The minimum atomic E-state index is -2.97. The second-order valence-corrected chi connectivity index (χ2v) is 13.0.